The van der Waals surface area contributed by atoms with Gasteiger partial charge >= 0.3 is 5.97 Å². The molecule has 18 heavy (non-hydrogen) atoms. The number of aryl methyl sites for hydroxylation is 1. The largest absolute Gasteiger partial charge is 0.477 e. The summed E-state index contributed by atoms with van der Waals surface area (Å²) in [6.45, 7) is 6.29. The Kier molecular flexibility index (Phi) is 3.45. The predicted octanol–water partition coefficient (Wildman–Crippen LogP) is 1.84. The monoisotopic (exact) mass is 249 g/mol. The molecule has 0 saturated carbocycles. The van der Waals surface area contributed by atoms with Crippen molar-refractivity contribution in [3.63, 3.8) is 0 Å². The lowest BCUT2D eigenvalue weighted by atomic mass is 10.2. The lowest BCUT2D eigenvalue weighted by Gasteiger charge is -2.06. The van der Waals surface area contributed by atoms with Crippen LogP contribution < -0.4 is 4.74 Å². The maximum atomic E-state index is 11.8. The molecular formula is C12H15N3O3. The fourth-order valence-corrected chi connectivity index (χ4v) is 1.75. The molecular weight excluding hydrogens is 234 g/mol. The molecule has 0 saturated heterocycles. The van der Waals surface area contributed by atoms with Crippen LogP contribution in [0.15, 0.2) is 6.20 Å². The number of nitrogens with zero attached hydrogens (tertiary/aromatic N) is 2. The molecule has 2 aromatic heterocycles. The molecule has 0 amide bonds. The molecule has 0 radical (unpaired) electrons. The van der Waals surface area contributed by atoms with Crippen LogP contribution in [0.2, 0.25) is 0 Å². The van der Waals surface area contributed by atoms with Crippen molar-refractivity contribution in [1.82, 2.24) is 15.2 Å². The minimum absolute atomic E-state index is 0.320. The zero-order valence-corrected chi connectivity index (χ0v) is 10.6. The minimum Gasteiger partial charge on any atom is -0.477 e. The maximum Gasteiger partial charge on any atom is 0.341 e. The number of esters is 1. The van der Waals surface area contributed by atoms with Crippen LogP contribution in [0.5, 0.6) is 5.88 Å². The number of aromatic amines is 1. The first kappa shape index (κ1) is 12.3. The Morgan fingerprint density at radius 2 is 2.17 bits per heavy atom. The minimum atomic E-state index is -0.415. The number of nitrogens with one attached hydrogen (secondary N) is 1. The van der Waals surface area contributed by atoms with E-state index >= 15 is 0 Å². The van der Waals surface area contributed by atoms with Crippen LogP contribution in [-0.4, -0.2) is 34.4 Å². The third-order valence-corrected chi connectivity index (χ3v) is 2.52. The van der Waals surface area contributed by atoms with Crippen molar-refractivity contribution in [2.45, 2.75) is 20.8 Å². The Bertz CT molecular complexity index is 577. The highest BCUT2D eigenvalue weighted by Gasteiger charge is 2.18. The zero-order chi connectivity index (χ0) is 13.1. The fourth-order valence-electron chi connectivity index (χ4n) is 1.75. The van der Waals surface area contributed by atoms with Crippen LogP contribution in [0.25, 0.3) is 10.9 Å². The Morgan fingerprint density at radius 3 is 2.83 bits per heavy atom. The highest BCUT2D eigenvalue weighted by atomic mass is 16.5. The first-order valence-corrected chi connectivity index (χ1v) is 5.82. The van der Waals surface area contributed by atoms with Gasteiger partial charge in [0.25, 0.3) is 0 Å². The van der Waals surface area contributed by atoms with Crippen LogP contribution in [0.3, 0.4) is 0 Å². The number of fused-ring (bicyclic) bond motifs is 1. The molecule has 6 nitrogen and oxygen atoms in total. The second-order valence-corrected chi connectivity index (χ2v) is 3.69. The average molecular weight is 249 g/mol. The smallest absolute Gasteiger partial charge is 0.341 e. The molecule has 0 spiro atoms. The molecule has 0 bridgehead atoms. The molecule has 2 heterocycles. The van der Waals surface area contributed by atoms with Crippen molar-refractivity contribution in [3.8, 4) is 5.88 Å². The van der Waals surface area contributed by atoms with E-state index in [0.717, 1.165) is 11.1 Å². The van der Waals surface area contributed by atoms with Crippen LogP contribution in [0.1, 0.15) is 29.9 Å². The Labute approximate surface area is 104 Å². The topological polar surface area (TPSA) is 77.1 Å². The standard InChI is InChI=1S/C12H15N3O3/c1-4-17-11-9-7(3)14-15-10(9)8(6-13-11)12(16)18-5-2/h6H,4-5H2,1-3H3,(H,14,15). The highest BCUT2D eigenvalue weighted by Crippen LogP contribution is 2.27. The van der Waals surface area contributed by atoms with E-state index in [2.05, 4.69) is 15.2 Å². The molecule has 0 fully saturated rings. The summed E-state index contributed by atoms with van der Waals surface area (Å²) in [6.07, 6.45) is 1.45. The van der Waals surface area contributed by atoms with Crippen molar-refractivity contribution in [2.75, 3.05) is 13.2 Å². The van der Waals surface area contributed by atoms with Gasteiger partial charge in [0.2, 0.25) is 5.88 Å². The number of ether oxygens (including phenoxy) is 2. The van der Waals surface area contributed by atoms with Gasteiger partial charge in [-0.2, -0.15) is 5.10 Å². The van der Waals surface area contributed by atoms with E-state index < -0.39 is 5.97 Å². The maximum absolute atomic E-state index is 11.8. The molecule has 0 unspecified atom stereocenters. The van der Waals surface area contributed by atoms with Gasteiger partial charge in [0.15, 0.2) is 0 Å². The van der Waals surface area contributed by atoms with Crippen LogP contribution in [0.4, 0.5) is 0 Å². The van der Waals surface area contributed by atoms with Gasteiger partial charge in [-0.1, -0.05) is 0 Å². The Balaban J connectivity index is 2.58. The lowest BCUT2D eigenvalue weighted by Crippen LogP contribution is -2.07. The number of pyridine rings is 1. The van der Waals surface area contributed by atoms with Gasteiger partial charge in [-0.15, -0.1) is 0 Å². The molecule has 0 aromatic carbocycles. The van der Waals surface area contributed by atoms with Gasteiger partial charge in [0, 0.05) is 6.20 Å². The van der Waals surface area contributed by atoms with E-state index in [1.165, 1.54) is 6.20 Å². The van der Waals surface area contributed by atoms with Gasteiger partial charge in [-0.05, 0) is 20.8 Å². The molecule has 0 aliphatic heterocycles. The summed E-state index contributed by atoms with van der Waals surface area (Å²) in [6, 6.07) is 0. The summed E-state index contributed by atoms with van der Waals surface area (Å²) in [7, 11) is 0. The van der Waals surface area contributed by atoms with Crippen molar-refractivity contribution in [2.24, 2.45) is 0 Å². The normalized spacial score (nSPS) is 10.6. The molecule has 0 aliphatic rings. The predicted molar refractivity (Wildman–Crippen MR) is 65.8 cm³/mol. The fraction of sp³-hybridized carbons (Fsp3) is 0.417. The molecule has 2 rings (SSSR count). The summed E-state index contributed by atoms with van der Waals surface area (Å²) in [5, 5.41) is 7.64. The van der Waals surface area contributed by atoms with Gasteiger partial charge in [-0.3, -0.25) is 5.10 Å². The molecule has 0 atom stereocenters. The number of rotatable bonds is 4. The van der Waals surface area contributed by atoms with Crippen molar-refractivity contribution < 1.29 is 14.3 Å². The Hall–Kier alpha value is -2.11. The third-order valence-electron chi connectivity index (χ3n) is 2.52. The molecule has 1 N–H and O–H groups in total. The van der Waals surface area contributed by atoms with Crippen LogP contribution in [-0.2, 0) is 4.74 Å². The van der Waals surface area contributed by atoms with E-state index in [0.29, 0.717) is 30.2 Å². The molecule has 2 aromatic rings. The number of carbonyl (C=O) groups is 1. The zero-order valence-electron chi connectivity index (χ0n) is 10.6. The average Bonchev–Trinajstić information content (AvgIpc) is 2.73. The summed E-state index contributed by atoms with van der Waals surface area (Å²) >= 11 is 0. The second-order valence-electron chi connectivity index (χ2n) is 3.69. The number of hydrogen-bond acceptors (Lipinski definition) is 5. The first-order chi connectivity index (χ1) is 8.69. The summed E-state index contributed by atoms with van der Waals surface area (Å²) in [5.41, 5.74) is 1.72. The SMILES string of the molecule is CCOC(=O)c1cnc(OCC)c2c(C)n[nH]c12. The number of carbonyl (C=O) groups excluding carboxylic acids is 1. The number of aromatic nitrogens is 3. The van der Waals surface area contributed by atoms with E-state index in [4.69, 9.17) is 9.47 Å². The first-order valence-electron chi connectivity index (χ1n) is 5.82. The molecule has 0 aliphatic carbocycles. The number of H-pyrrole nitrogens is 1. The summed E-state index contributed by atoms with van der Waals surface area (Å²) < 4.78 is 10.4. The number of hydrogen-bond donors (Lipinski definition) is 1. The second kappa shape index (κ2) is 5.03. The van der Waals surface area contributed by atoms with Gasteiger partial charge in [0.1, 0.15) is 5.56 Å². The van der Waals surface area contributed by atoms with E-state index in [1.807, 2.05) is 13.8 Å². The highest BCUT2D eigenvalue weighted by molar-refractivity contribution is 6.04. The van der Waals surface area contributed by atoms with E-state index in [-0.39, 0.29) is 0 Å². The third kappa shape index (κ3) is 2.01. The quantitative estimate of drug-likeness (QED) is 0.836. The molecule has 6 heteroatoms. The Morgan fingerprint density at radius 1 is 1.39 bits per heavy atom. The van der Waals surface area contributed by atoms with Crippen LogP contribution in [0, 0.1) is 6.92 Å². The lowest BCUT2D eigenvalue weighted by molar-refractivity contribution is 0.0528. The van der Waals surface area contributed by atoms with E-state index in [1.54, 1.807) is 6.92 Å². The van der Waals surface area contributed by atoms with E-state index in [9.17, 15) is 4.79 Å². The van der Waals surface area contributed by atoms with Gasteiger partial charge in [0.05, 0.1) is 29.8 Å². The van der Waals surface area contributed by atoms with Crippen molar-refractivity contribution in [1.29, 1.82) is 0 Å². The summed E-state index contributed by atoms with van der Waals surface area (Å²) in [4.78, 5) is 15.9. The van der Waals surface area contributed by atoms with Gasteiger partial charge in [-0.25, -0.2) is 9.78 Å². The van der Waals surface area contributed by atoms with Crippen molar-refractivity contribution >= 4 is 16.9 Å². The molecule has 96 valence electrons. The van der Waals surface area contributed by atoms with Crippen LogP contribution >= 0.6 is 0 Å². The van der Waals surface area contributed by atoms with Gasteiger partial charge < -0.3 is 9.47 Å². The summed E-state index contributed by atoms with van der Waals surface area (Å²) in [5.74, 6) is 0.0634. The van der Waals surface area contributed by atoms with Crippen molar-refractivity contribution in [3.05, 3.63) is 17.5 Å².